The van der Waals surface area contributed by atoms with Crippen molar-refractivity contribution in [2.24, 2.45) is 0 Å². The lowest BCUT2D eigenvalue weighted by molar-refractivity contribution is 0.0769. The molecule has 1 amide bonds. The first kappa shape index (κ1) is 18.1. The number of halogens is 1. The van der Waals surface area contributed by atoms with Crippen LogP contribution in [0.25, 0.3) is 10.6 Å². The molecule has 0 aliphatic heterocycles. The van der Waals surface area contributed by atoms with Crippen molar-refractivity contribution in [1.82, 2.24) is 9.88 Å². The van der Waals surface area contributed by atoms with Gasteiger partial charge < -0.3 is 4.90 Å². The van der Waals surface area contributed by atoms with Gasteiger partial charge >= 0.3 is 0 Å². The van der Waals surface area contributed by atoms with Crippen LogP contribution in [-0.4, -0.2) is 22.3 Å². The Morgan fingerprint density at radius 1 is 1.23 bits per heavy atom. The number of benzene rings is 2. The summed E-state index contributed by atoms with van der Waals surface area (Å²) in [4.78, 5) is 19.6. The summed E-state index contributed by atoms with van der Waals surface area (Å²) in [5.41, 5.74) is 2.51. The summed E-state index contributed by atoms with van der Waals surface area (Å²) < 4.78 is 0. The minimum absolute atomic E-state index is 0.0254. The Bertz CT molecular complexity index is 963. The third-order valence-corrected chi connectivity index (χ3v) is 5.26. The number of hydrogen-bond donors (Lipinski definition) is 0. The highest BCUT2D eigenvalue weighted by Gasteiger charge is 2.22. The molecule has 130 valence electrons. The Kier molecular flexibility index (Phi) is 5.67. The van der Waals surface area contributed by atoms with Crippen LogP contribution in [0.2, 0.25) is 5.02 Å². The monoisotopic (exact) mass is 381 g/mol. The SMILES string of the molecule is Cc1nc(-c2cccc(Cl)c2)sc1C(=O)N(CC#N)Cc1ccccc1. The van der Waals surface area contributed by atoms with Crippen molar-refractivity contribution in [1.29, 1.82) is 5.26 Å². The molecule has 0 fully saturated rings. The lowest BCUT2D eigenvalue weighted by Gasteiger charge is -2.19. The summed E-state index contributed by atoms with van der Waals surface area (Å²) in [6, 6.07) is 19.1. The Morgan fingerprint density at radius 3 is 2.69 bits per heavy atom. The number of amides is 1. The van der Waals surface area contributed by atoms with Gasteiger partial charge in [-0.25, -0.2) is 4.98 Å². The molecule has 0 aliphatic rings. The van der Waals surface area contributed by atoms with Crippen molar-refractivity contribution in [2.75, 3.05) is 6.54 Å². The number of aryl methyl sites for hydroxylation is 1. The van der Waals surface area contributed by atoms with Crippen LogP contribution >= 0.6 is 22.9 Å². The minimum atomic E-state index is -0.182. The number of nitriles is 1. The second kappa shape index (κ2) is 8.13. The molecule has 0 bridgehead atoms. The number of carbonyl (C=O) groups excluding carboxylic acids is 1. The highest BCUT2D eigenvalue weighted by atomic mass is 35.5. The minimum Gasteiger partial charge on any atom is -0.320 e. The average Bonchev–Trinajstić information content (AvgIpc) is 3.03. The first-order chi connectivity index (χ1) is 12.6. The number of thiazole rings is 1. The van der Waals surface area contributed by atoms with E-state index in [0.717, 1.165) is 16.1 Å². The molecule has 0 spiro atoms. The Balaban J connectivity index is 1.89. The van der Waals surface area contributed by atoms with Gasteiger partial charge in [0.2, 0.25) is 0 Å². The van der Waals surface area contributed by atoms with E-state index < -0.39 is 0 Å². The molecular weight excluding hydrogens is 366 g/mol. The summed E-state index contributed by atoms with van der Waals surface area (Å²) in [5.74, 6) is -0.182. The molecule has 0 radical (unpaired) electrons. The van der Waals surface area contributed by atoms with Gasteiger partial charge in [0.25, 0.3) is 5.91 Å². The molecular formula is C20H16ClN3OS. The van der Waals surface area contributed by atoms with E-state index >= 15 is 0 Å². The first-order valence-electron chi connectivity index (χ1n) is 8.02. The van der Waals surface area contributed by atoms with Crippen molar-refractivity contribution in [2.45, 2.75) is 13.5 Å². The van der Waals surface area contributed by atoms with Gasteiger partial charge in [0.1, 0.15) is 16.4 Å². The fourth-order valence-corrected chi connectivity index (χ4v) is 3.79. The van der Waals surface area contributed by atoms with Crippen LogP contribution in [0.4, 0.5) is 0 Å². The zero-order valence-corrected chi connectivity index (χ0v) is 15.7. The average molecular weight is 382 g/mol. The molecule has 2 aromatic carbocycles. The van der Waals surface area contributed by atoms with Crippen molar-refractivity contribution in [3.8, 4) is 16.6 Å². The van der Waals surface area contributed by atoms with Gasteiger partial charge in [-0.1, -0.05) is 54.1 Å². The maximum Gasteiger partial charge on any atom is 0.267 e. The molecule has 0 saturated carbocycles. The zero-order chi connectivity index (χ0) is 18.5. The van der Waals surface area contributed by atoms with Crippen molar-refractivity contribution >= 4 is 28.8 Å². The molecule has 1 aromatic heterocycles. The van der Waals surface area contributed by atoms with Gasteiger partial charge in [0, 0.05) is 17.1 Å². The first-order valence-corrected chi connectivity index (χ1v) is 9.21. The smallest absolute Gasteiger partial charge is 0.267 e. The number of nitrogens with zero attached hydrogens (tertiary/aromatic N) is 3. The second-order valence-corrected chi connectivity index (χ2v) is 7.18. The van der Waals surface area contributed by atoms with Crippen molar-refractivity contribution in [3.63, 3.8) is 0 Å². The number of carbonyl (C=O) groups is 1. The largest absolute Gasteiger partial charge is 0.320 e. The molecule has 0 N–H and O–H groups in total. The summed E-state index contributed by atoms with van der Waals surface area (Å²) in [7, 11) is 0. The molecule has 6 heteroatoms. The highest BCUT2D eigenvalue weighted by Crippen LogP contribution is 2.30. The second-order valence-electron chi connectivity index (χ2n) is 5.75. The summed E-state index contributed by atoms with van der Waals surface area (Å²) >= 11 is 7.38. The van der Waals surface area contributed by atoms with Crippen LogP contribution in [0.15, 0.2) is 54.6 Å². The van der Waals surface area contributed by atoms with Gasteiger partial charge in [-0.2, -0.15) is 5.26 Å². The van der Waals surface area contributed by atoms with Crippen LogP contribution in [-0.2, 0) is 6.54 Å². The van der Waals surface area contributed by atoms with E-state index in [1.54, 1.807) is 6.07 Å². The third-order valence-electron chi connectivity index (χ3n) is 3.83. The highest BCUT2D eigenvalue weighted by molar-refractivity contribution is 7.17. The lowest BCUT2D eigenvalue weighted by Crippen LogP contribution is -2.30. The quantitative estimate of drug-likeness (QED) is 0.588. The number of aromatic nitrogens is 1. The number of hydrogen-bond acceptors (Lipinski definition) is 4. The fraction of sp³-hybridized carbons (Fsp3) is 0.150. The van der Waals surface area contributed by atoms with E-state index in [2.05, 4.69) is 11.1 Å². The number of rotatable bonds is 5. The van der Waals surface area contributed by atoms with Crippen LogP contribution in [0.1, 0.15) is 20.9 Å². The molecule has 0 atom stereocenters. The topological polar surface area (TPSA) is 57.0 Å². The zero-order valence-electron chi connectivity index (χ0n) is 14.1. The predicted molar refractivity (Wildman–Crippen MR) is 104 cm³/mol. The Hall–Kier alpha value is -2.68. The van der Waals surface area contributed by atoms with E-state index in [9.17, 15) is 4.79 Å². The molecule has 4 nitrogen and oxygen atoms in total. The summed E-state index contributed by atoms with van der Waals surface area (Å²) in [5, 5.41) is 10.5. The Labute approximate surface area is 161 Å². The maximum atomic E-state index is 13.0. The van der Waals surface area contributed by atoms with Crippen molar-refractivity contribution in [3.05, 3.63) is 75.8 Å². The van der Waals surface area contributed by atoms with Gasteiger partial charge in [0.15, 0.2) is 0 Å². The van der Waals surface area contributed by atoms with Crippen LogP contribution < -0.4 is 0 Å². The van der Waals surface area contributed by atoms with E-state index in [0.29, 0.717) is 22.1 Å². The molecule has 0 aliphatic carbocycles. The summed E-state index contributed by atoms with van der Waals surface area (Å²) in [6.45, 7) is 2.22. The molecule has 26 heavy (non-hydrogen) atoms. The lowest BCUT2D eigenvalue weighted by atomic mass is 10.2. The molecule has 3 aromatic rings. The molecule has 3 rings (SSSR count). The van der Waals surface area contributed by atoms with Gasteiger partial charge in [-0.3, -0.25) is 4.79 Å². The molecule has 0 saturated heterocycles. The van der Waals surface area contributed by atoms with Gasteiger partial charge in [0.05, 0.1) is 11.8 Å². The van der Waals surface area contributed by atoms with E-state index in [1.165, 1.54) is 16.2 Å². The van der Waals surface area contributed by atoms with Crippen LogP contribution in [0, 0.1) is 18.3 Å². The third kappa shape index (κ3) is 4.10. The van der Waals surface area contributed by atoms with Crippen molar-refractivity contribution < 1.29 is 4.79 Å². The van der Waals surface area contributed by atoms with E-state index in [-0.39, 0.29) is 12.5 Å². The van der Waals surface area contributed by atoms with Crippen LogP contribution in [0.3, 0.4) is 0 Å². The van der Waals surface area contributed by atoms with Crippen LogP contribution in [0.5, 0.6) is 0 Å². The van der Waals surface area contributed by atoms with E-state index in [4.69, 9.17) is 16.9 Å². The maximum absolute atomic E-state index is 13.0. The van der Waals surface area contributed by atoms with E-state index in [1.807, 2.05) is 55.5 Å². The predicted octanol–water partition coefficient (Wildman–Crippen LogP) is 4.94. The fourth-order valence-electron chi connectivity index (χ4n) is 2.57. The Morgan fingerprint density at radius 2 is 2.00 bits per heavy atom. The summed E-state index contributed by atoms with van der Waals surface area (Å²) in [6.07, 6.45) is 0. The van der Waals surface area contributed by atoms with Gasteiger partial charge in [-0.05, 0) is 24.6 Å². The molecule has 0 unspecified atom stereocenters. The van der Waals surface area contributed by atoms with Gasteiger partial charge in [-0.15, -0.1) is 11.3 Å². The standard InChI is InChI=1S/C20H16ClN3OS/c1-14-18(26-19(23-14)16-8-5-9-17(21)12-16)20(25)24(11-10-22)13-15-6-3-2-4-7-15/h2-9,12H,11,13H2,1H3. The normalized spacial score (nSPS) is 10.3. The molecule has 1 heterocycles.